The van der Waals surface area contributed by atoms with Gasteiger partial charge >= 0.3 is 0 Å². The molecular weight excluding hydrogens is 174 g/mol. The molecule has 0 aromatic carbocycles. The third kappa shape index (κ3) is 1.27. The van der Waals surface area contributed by atoms with Crippen molar-refractivity contribution in [2.45, 2.75) is 12.3 Å². The molecule has 2 fully saturated rings. The van der Waals surface area contributed by atoms with Crippen LogP contribution in [0, 0.1) is 5.41 Å². The highest BCUT2D eigenvalue weighted by Gasteiger charge is 2.61. The average molecular weight is 190 g/mol. The Kier molecular flexibility index (Phi) is 1.90. The van der Waals surface area contributed by atoms with Crippen molar-refractivity contribution < 1.29 is 8.78 Å². The number of likely N-dealkylation sites (tertiary alicyclic amines) is 2. The first-order chi connectivity index (χ1) is 5.95. The van der Waals surface area contributed by atoms with Gasteiger partial charge in [-0.2, -0.15) is 0 Å². The summed E-state index contributed by atoms with van der Waals surface area (Å²) in [6.45, 7) is 1.87. The zero-order chi connectivity index (χ0) is 9.69. The van der Waals surface area contributed by atoms with Gasteiger partial charge < -0.3 is 9.80 Å². The fraction of sp³-hybridized carbons (Fsp3) is 1.00. The van der Waals surface area contributed by atoms with Gasteiger partial charge in [-0.15, -0.1) is 0 Å². The van der Waals surface area contributed by atoms with E-state index in [9.17, 15) is 8.78 Å². The third-order valence-corrected chi connectivity index (χ3v) is 3.36. The molecule has 2 saturated heterocycles. The number of nitrogens with zero attached hydrogens (tertiary/aromatic N) is 2. The van der Waals surface area contributed by atoms with Crippen molar-refractivity contribution in [2.75, 3.05) is 40.3 Å². The first-order valence-corrected chi connectivity index (χ1v) is 4.70. The summed E-state index contributed by atoms with van der Waals surface area (Å²) >= 11 is 0. The zero-order valence-corrected chi connectivity index (χ0v) is 8.19. The van der Waals surface area contributed by atoms with Gasteiger partial charge in [0.25, 0.3) is 5.92 Å². The maximum absolute atomic E-state index is 13.7. The molecular formula is C9H16F2N2. The topological polar surface area (TPSA) is 6.48 Å². The predicted molar refractivity (Wildman–Crippen MR) is 47.0 cm³/mol. The highest BCUT2D eigenvalue weighted by molar-refractivity contribution is 5.06. The van der Waals surface area contributed by atoms with Gasteiger partial charge in [0, 0.05) is 13.1 Å². The molecule has 0 atom stereocenters. The summed E-state index contributed by atoms with van der Waals surface area (Å²) in [7, 11) is 3.67. The summed E-state index contributed by atoms with van der Waals surface area (Å²) < 4.78 is 27.3. The maximum Gasteiger partial charge on any atom is 0.268 e. The lowest BCUT2D eigenvalue weighted by atomic mass is 9.69. The first kappa shape index (κ1) is 9.34. The molecule has 0 aromatic rings. The van der Waals surface area contributed by atoms with Crippen LogP contribution in [0.25, 0.3) is 0 Å². The van der Waals surface area contributed by atoms with Gasteiger partial charge in [0.15, 0.2) is 0 Å². The lowest BCUT2D eigenvalue weighted by molar-refractivity contribution is -0.217. The van der Waals surface area contributed by atoms with Crippen molar-refractivity contribution in [1.82, 2.24) is 9.80 Å². The van der Waals surface area contributed by atoms with Gasteiger partial charge in [-0.3, -0.25) is 0 Å². The minimum atomic E-state index is -2.49. The lowest BCUT2D eigenvalue weighted by Crippen LogP contribution is -2.68. The second-order valence-corrected chi connectivity index (χ2v) is 4.64. The van der Waals surface area contributed by atoms with Crippen molar-refractivity contribution in [3.8, 4) is 0 Å². The van der Waals surface area contributed by atoms with Crippen LogP contribution in [-0.4, -0.2) is 56.0 Å². The molecule has 13 heavy (non-hydrogen) atoms. The van der Waals surface area contributed by atoms with Gasteiger partial charge in [-0.25, -0.2) is 8.78 Å². The maximum atomic E-state index is 13.7. The van der Waals surface area contributed by atoms with E-state index in [1.54, 1.807) is 11.9 Å². The Morgan fingerprint density at radius 3 is 2.08 bits per heavy atom. The third-order valence-electron chi connectivity index (χ3n) is 3.36. The molecule has 2 aliphatic rings. The standard InChI is InChI=1S/C9H16F2N2/c1-12-4-3-8(5-13(2)6-8)9(10,11)7-12/h3-7H2,1-2H3. The number of rotatable bonds is 0. The SMILES string of the molecule is CN1CCC2(CN(C)C2)C(F)(F)C1. The minimum absolute atomic E-state index is 0.0686. The monoisotopic (exact) mass is 190 g/mol. The average Bonchev–Trinajstić information content (AvgIpc) is 1.92. The Morgan fingerprint density at radius 2 is 1.62 bits per heavy atom. The normalized spacial score (nSPS) is 33.2. The predicted octanol–water partition coefficient (Wildman–Crippen LogP) is 0.889. The molecule has 76 valence electrons. The van der Waals surface area contributed by atoms with E-state index in [0.29, 0.717) is 19.5 Å². The molecule has 2 rings (SSSR count). The van der Waals surface area contributed by atoms with E-state index < -0.39 is 11.3 Å². The summed E-state index contributed by atoms with van der Waals surface area (Å²) in [5, 5.41) is 0. The molecule has 0 radical (unpaired) electrons. The number of alkyl halides is 2. The van der Waals surface area contributed by atoms with Gasteiger partial charge in [-0.1, -0.05) is 0 Å². The summed E-state index contributed by atoms with van der Waals surface area (Å²) in [5.41, 5.74) is -0.700. The van der Waals surface area contributed by atoms with Crippen molar-refractivity contribution in [2.24, 2.45) is 5.41 Å². The van der Waals surface area contributed by atoms with E-state index in [1.807, 2.05) is 11.9 Å². The van der Waals surface area contributed by atoms with Crippen LogP contribution in [0.15, 0.2) is 0 Å². The Balaban J connectivity index is 2.12. The molecule has 2 heterocycles. The Morgan fingerprint density at radius 1 is 1.00 bits per heavy atom. The fourth-order valence-corrected chi connectivity index (χ4v) is 2.55. The molecule has 0 aromatic heterocycles. The van der Waals surface area contributed by atoms with E-state index >= 15 is 0 Å². The molecule has 1 spiro atoms. The number of hydrogen-bond acceptors (Lipinski definition) is 2. The van der Waals surface area contributed by atoms with Gasteiger partial charge in [0.05, 0.1) is 12.0 Å². The van der Waals surface area contributed by atoms with E-state index in [1.165, 1.54) is 0 Å². The first-order valence-electron chi connectivity index (χ1n) is 4.70. The van der Waals surface area contributed by atoms with Crippen molar-refractivity contribution in [3.05, 3.63) is 0 Å². The lowest BCUT2D eigenvalue weighted by Gasteiger charge is -2.56. The minimum Gasteiger partial charge on any atom is -0.305 e. The highest BCUT2D eigenvalue weighted by Crippen LogP contribution is 2.49. The second-order valence-electron chi connectivity index (χ2n) is 4.64. The van der Waals surface area contributed by atoms with E-state index in [4.69, 9.17) is 0 Å². The van der Waals surface area contributed by atoms with Crippen molar-refractivity contribution in [1.29, 1.82) is 0 Å². The summed E-state index contributed by atoms with van der Waals surface area (Å²) in [6, 6.07) is 0. The largest absolute Gasteiger partial charge is 0.305 e. The summed E-state index contributed by atoms with van der Waals surface area (Å²) in [5.74, 6) is -2.49. The molecule has 2 nitrogen and oxygen atoms in total. The van der Waals surface area contributed by atoms with Crippen LogP contribution in [0.5, 0.6) is 0 Å². The molecule has 0 saturated carbocycles. The van der Waals surface area contributed by atoms with Crippen LogP contribution in [-0.2, 0) is 0 Å². The molecule has 0 amide bonds. The van der Waals surface area contributed by atoms with E-state index in [0.717, 1.165) is 6.54 Å². The van der Waals surface area contributed by atoms with Gasteiger partial charge in [0.2, 0.25) is 0 Å². The molecule has 4 heteroatoms. The zero-order valence-electron chi connectivity index (χ0n) is 8.19. The Bertz CT molecular complexity index is 212. The van der Waals surface area contributed by atoms with Gasteiger partial charge in [0.1, 0.15) is 0 Å². The van der Waals surface area contributed by atoms with Crippen LogP contribution in [0.3, 0.4) is 0 Å². The smallest absolute Gasteiger partial charge is 0.268 e. The van der Waals surface area contributed by atoms with E-state index in [-0.39, 0.29) is 6.54 Å². The Labute approximate surface area is 77.5 Å². The summed E-state index contributed by atoms with van der Waals surface area (Å²) in [4.78, 5) is 3.70. The van der Waals surface area contributed by atoms with Crippen LogP contribution in [0.2, 0.25) is 0 Å². The Hall–Kier alpha value is -0.220. The molecule has 0 aliphatic carbocycles. The fourth-order valence-electron chi connectivity index (χ4n) is 2.55. The molecule has 0 unspecified atom stereocenters. The summed E-state index contributed by atoms with van der Waals surface area (Å²) in [6.07, 6.45) is 0.640. The van der Waals surface area contributed by atoms with E-state index in [2.05, 4.69) is 0 Å². The van der Waals surface area contributed by atoms with Crippen molar-refractivity contribution in [3.63, 3.8) is 0 Å². The van der Waals surface area contributed by atoms with Gasteiger partial charge in [-0.05, 0) is 27.1 Å². The number of halogens is 2. The molecule has 0 N–H and O–H groups in total. The van der Waals surface area contributed by atoms with Crippen LogP contribution in [0.4, 0.5) is 8.78 Å². The van der Waals surface area contributed by atoms with Crippen LogP contribution < -0.4 is 0 Å². The molecule has 0 bridgehead atoms. The second kappa shape index (κ2) is 2.64. The quantitative estimate of drug-likeness (QED) is 0.559. The van der Waals surface area contributed by atoms with Crippen molar-refractivity contribution >= 4 is 0 Å². The number of piperidine rings is 1. The number of hydrogen-bond donors (Lipinski definition) is 0. The molecule has 2 aliphatic heterocycles. The highest BCUT2D eigenvalue weighted by atomic mass is 19.3. The van der Waals surface area contributed by atoms with Crippen LogP contribution >= 0.6 is 0 Å². The van der Waals surface area contributed by atoms with Crippen LogP contribution in [0.1, 0.15) is 6.42 Å².